The topological polar surface area (TPSA) is 91.3 Å². The molecule has 0 saturated carbocycles. The van der Waals surface area contributed by atoms with Gasteiger partial charge in [-0.15, -0.1) is 11.3 Å². The van der Waals surface area contributed by atoms with Crippen LogP contribution in [0.4, 0.5) is 11.5 Å². The maximum Gasteiger partial charge on any atom is 0.278 e. The van der Waals surface area contributed by atoms with Crippen LogP contribution in [-0.2, 0) is 6.42 Å². The molecule has 0 unspecified atom stereocenters. The Morgan fingerprint density at radius 3 is 3.00 bits per heavy atom. The van der Waals surface area contributed by atoms with Crippen molar-refractivity contribution in [1.29, 1.82) is 0 Å². The first-order chi connectivity index (χ1) is 8.65. The van der Waals surface area contributed by atoms with Crippen molar-refractivity contribution in [1.82, 2.24) is 4.98 Å². The summed E-state index contributed by atoms with van der Waals surface area (Å²) in [5, 5.41) is 12.6. The normalized spacial score (nSPS) is 10.2. The first-order valence-corrected chi connectivity index (χ1v) is 6.10. The lowest BCUT2D eigenvalue weighted by molar-refractivity contribution is -0.384. The minimum atomic E-state index is -0.524. The fourth-order valence-corrected chi connectivity index (χ4v) is 2.09. The van der Waals surface area contributed by atoms with E-state index < -0.39 is 4.92 Å². The van der Waals surface area contributed by atoms with Gasteiger partial charge in [0, 0.05) is 11.3 Å². The number of rotatable bonds is 5. The minimum Gasteiger partial charge on any atom is -0.477 e. The highest BCUT2D eigenvalue weighted by Gasteiger charge is 2.10. The zero-order chi connectivity index (χ0) is 13.0. The first-order valence-electron chi connectivity index (χ1n) is 5.22. The number of aromatic nitrogens is 1. The van der Waals surface area contributed by atoms with Crippen molar-refractivity contribution in [3.05, 3.63) is 44.6 Å². The third kappa shape index (κ3) is 3.17. The number of nitrogens with two attached hydrogens (primary N) is 1. The van der Waals surface area contributed by atoms with Gasteiger partial charge in [0.05, 0.1) is 23.7 Å². The number of hydrogen-bond donors (Lipinski definition) is 1. The second-order valence-electron chi connectivity index (χ2n) is 3.52. The van der Waals surface area contributed by atoms with E-state index in [0.717, 1.165) is 6.42 Å². The summed E-state index contributed by atoms with van der Waals surface area (Å²) in [5.74, 6) is 0.258. The van der Waals surface area contributed by atoms with Crippen LogP contribution in [0.5, 0.6) is 5.88 Å². The average Bonchev–Trinajstić information content (AvgIpc) is 2.81. The zero-order valence-corrected chi connectivity index (χ0v) is 10.2. The van der Waals surface area contributed by atoms with Crippen molar-refractivity contribution in [2.75, 3.05) is 12.3 Å². The smallest absolute Gasteiger partial charge is 0.278 e. The van der Waals surface area contributed by atoms with Crippen LogP contribution >= 0.6 is 11.3 Å². The molecule has 0 aliphatic heterocycles. The van der Waals surface area contributed by atoms with Crippen molar-refractivity contribution in [3.63, 3.8) is 0 Å². The van der Waals surface area contributed by atoms with Crippen LogP contribution in [0.2, 0.25) is 0 Å². The Bertz CT molecular complexity index is 542. The number of nitrogens with zero attached hydrogens (tertiary/aromatic N) is 2. The molecule has 0 atom stereocenters. The van der Waals surface area contributed by atoms with E-state index >= 15 is 0 Å². The lowest BCUT2D eigenvalue weighted by Crippen LogP contribution is -2.04. The summed E-state index contributed by atoms with van der Waals surface area (Å²) in [4.78, 5) is 15.2. The minimum absolute atomic E-state index is 0.0790. The van der Waals surface area contributed by atoms with Gasteiger partial charge >= 0.3 is 0 Å². The molecule has 0 radical (unpaired) electrons. The van der Waals surface area contributed by atoms with E-state index in [2.05, 4.69) is 4.98 Å². The maximum atomic E-state index is 10.6. The monoisotopic (exact) mass is 265 g/mol. The highest BCUT2D eigenvalue weighted by Crippen LogP contribution is 2.20. The summed E-state index contributed by atoms with van der Waals surface area (Å²) >= 11 is 1.64. The van der Waals surface area contributed by atoms with Crippen molar-refractivity contribution in [3.8, 4) is 5.88 Å². The average molecular weight is 265 g/mol. The largest absolute Gasteiger partial charge is 0.477 e. The standard InChI is InChI=1S/C11H11N3O3S/c12-10-6-8(14(15)16)7-11(13-10)17-4-3-9-2-1-5-18-9/h1-2,5-7H,3-4H2,(H2,12,13). The van der Waals surface area contributed by atoms with Gasteiger partial charge in [-0.3, -0.25) is 10.1 Å². The highest BCUT2D eigenvalue weighted by molar-refractivity contribution is 7.09. The fraction of sp³-hybridized carbons (Fsp3) is 0.182. The van der Waals surface area contributed by atoms with Crippen molar-refractivity contribution < 1.29 is 9.66 Å². The van der Waals surface area contributed by atoms with E-state index in [-0.39, 0.29) is 17.4 Å². The lowest BCUT2D eigenvalue weighted by Gasteiger charge is -2.04. The molecule has 0 aromatic carbocycles. The summed E-state index contributed by atoms with van der Waals surface area (Å²) in [6, 6.07) is 6.43. The maximum absolute atomic E-state index is 10.6. The molecule has 7 heteroatoms. The van der Waals surface area contributed by atoms with Crippen LogP contribution in [0.3, 0.4) is 0 Å². The van der Waals surface area contributed by atoms with E-state index in [0.29, 0.717) is 6.61 Å². The van der Waals surface area contributed by atoms with Crippen LogP contribution in [0.25, 0.3) is 0 Å². The third-order valence-electron chi connectivity index (χ3n) is 2.20. The Balaban J connectivity index is 1.98. The Hall–Kier alpha value is -2.15. The number of anilines is 1. The molecule has 6 nitrogen and oxygen atoms in total. The second kappa shape index (κ2) is 5.46. The highest BCUT2D eigenvalue weighted by atomic mass is 32.1. The number of nitro groups is 1. The van der Waals surface area contributed by atoms with Crippen molar-refractivity contribution >= 4 is 22.8 Å². The molecule has 0 aliphatic carbocycles. The van der Waals surface area contributed by atoms with Gasteiger partial charge in [0.2, 0.25) is 5.88 Å². The van der Waals surface area contributed by atoms with Gasteiger partial charge in [0.15, 0.2) is 0 Å². The van der Waals surface area contributed by atoms with Gasteiger partial charge < -0.3 is 10.5 Å². The Morgan fingerprint density at radius 2 is 2.33 bits per heavy atom. The van der Waals surface area contributed by atoms with Crippen LogP contribution in [0, 0.1) is 10.1 Å². The fourth-order valence-electron chi connectivity index (χ4n) is 1.40. The van der Waals surface area contributed by atoms with Crippen LogP contribution in [0.1, 0.15) is 4.88 Å². The summed E-state index contributed by atoms with van der Waals surface area (Å²) in [6.07, 6.45) is 0.738. The van der Waals surface area contributed by atoms with Gasteiger partial charge in [-0.2, -0.15) is 4.98 Å². The quantitative estimate of drug-likeness (QED) is 0.661. The predicted molar refractivity (Wildman–Crippen MR) is 68.8 cm³/mol. The third-order valence-corrected chi connectivity index (χ3v) is 3.13. The van der Waals surface area contributed by atoms with Gasteiger partial charge in [-0.1, -0.05) is 6.07 Å². The molecule has 18 heavy (non-hydrogen) atoms. The summed E-state index contributed by atoms with van der Waals surface area (Å²) < 4.78 is 5.36. The van der Waals surface area contributed by atoms with Crippen molar-refractivity contribution in [2.24, 2.45) is 0 Å². The molecule has 2 N–H and O–H groups in total. The van der Waals surface area contributed by atoms with E-state index in [4.69, 9.17) is 10.5 Å². The SMILES string of the molecule is Nc1cc([N+](=O)[O-])cc(OCCc2cccs2)n1. The van der Waals surface area contributed by atoms with Gasteiger partial charge in [-0.25, -0.2) is 0 Å². The van der Waals surface area contributed by atoms with Gasteiger partial charge in [-0.05, 0) is 11.4 Å². The molecule has 2 aromatic heterocycles. The van der Waals surface area contributed by atoms with Crippen LogP contribution in [0.15, 0.2) is 29.6 Å². The molecule has 0 bridgehead atoms. The molecule has 2 heterocycles. The summed E-state index contributed by atoms with van der Waals surface area (Å²) in [6.45, 7) is 0.411. The summed E-state index contributed by atoms with van der Waals surface area (Å²) in [7, 11) is 0. The molecule has 0 fully saturated rings. The molecule has 0 saturated heterocycles. The van der Waals surface area contributed by atoms with Crippen molar-refractivity contribution in [2.45, 2.75) is 6.42 Å². The van der Waals surface area contributed by atoms with E-state index in [1.807, 2.05) is 17.5 Å². The lowest BCUT2D eigenvalue weighted by atomic mass is 10.3. The number of nitrogen functional groups attached to an aromatic ring is 1. The van der Waals surface area contributed by atoms with E-state index in [1.54, 1.807) is 11.3 Å². The molecule has 0 amide bonds. The second-order valence-corrected chi connectivity index (χ2v) is 4.56. The molecular weight excluding hydrogens is 254 g/mol. The van der Waals surface area contributed by atoms with E-state index in [9.17, 15) is 10.1 Å². The number of ether oxygens (including phenoxy) is 1. The van der Waals surface area contributed by atoms with Gasteiger partial charge in [0.25, 0.3) is 5.69 Å². The molecule has 0 spiro atoms. The Kier molecular flexibility index (Phi) is 3.73. The molecule has 0 aliphatic rings. The number of thiophene rings is 1. The predicted octanol–water partition coefficient (Wildman–Crippen LogP) is 2.25. The Morgan fingerprint density at radius 1 is 1.50 bits per heavy atom. The zero-order valence-electron chi connectivity index (χ0n) is 9.41. The number of hydrogen-bond acceptors (Lipinski definition) is 6. The van der Waals surface area contributed by atoms with Gasteiger partial charge in [0.1, 0.15) is 5.82 Å². The molecule has 2 aromatic rings. The first kappa shape index (κ1) is 12.3. The van der Waals surface area contributed by atoms with Crippen LogP contribution < -0.4 is 10.5 Å². The van der Waals surface area contributed by atoms with E-state index in [1.165, 1.54) is 17.0 Å². The van der Waals surface area contributed by atoms with Crippen LogP contribution in [-0.4, -0.2) is 16.5 Å². The molecule has 2 rings (SSSR count). The Labute approximate surface area is 107 Å². The molecule has 94 valence electrons. The molecular formula is C11H11N3O3S. The summed E-state index contributed by atoms with van der Waals surface area (Å²) in [5.41, 5.74) is 5.35. The number of pyridine rings is 1.